The lowest BCUT2D eigenvalue weighted by molar-refractivity contribution is -0.132. The number of carboxylic acids is 1. The minimum atomic E-state index is -0.844. The molecule has 2 aliphatic carbocycles. The molecule has 1 saturated carbocycles. The summed E-state index contributed by atoms with van der Waals surface area (Å²) in [6, 6.07) is 18.1. The Bertz CT molecular complexity index is 992. The fourth-order valence-electron chi connectivity index (χ4n) is 4.65. The maximum atomic E-state index is 11.3. The summed E-state index contributed by atoms with van der Waals surface area (Å²) >= 11 is 0. The molecule has 0 heterocycles. The molecule has 3 atom stereocenters. The quantitative estimate of drug-likeness (QED) is 0.788. The first-order valence-electron chi connectivity index (χ1n) is 9.75. The first kappa shape index (κ1) is 19.1. The number of nitrogens with zero attached hydrogens (tertiary/aromatic N) is 1. The molecule has 2 aromatic carbocycles. The molecule has 0 aliphatic heterocycles. The van der Waals surface area contributed by atoms with Crippen molar-refractivity contribution in [1.29, 1.82) is 5.26 Å². The van der Waals surface area contributed by atoms with Gasteiger partial charge >= 0.3 is 5.97 Å². The van der Waals surface area contributed by atoms with Crippen LogP contribution in [0.2, 0.25) is 0 Å². The number of fused-ring (bicyclic) bond motifs is 1. The third-order valence-corrected chi connectivity index (χ3v) is 6.14. The number of rotatable bonds is 6. The Morgan fingerprint density at radius 2 is 2.00 bits per heavy atom. The number of hydrogen-bond donors (Lipinski definition) is 1. The third kappa shape index (κ3) is 3.58. The number of nitriles is 1. The summed E-state index contributed by atoms with van der Waals surface area (Å²) in [6.07, 6.45) is 3.68. The van der Waals surface area contributed by atoms with E-state index in [4.69, 9.17) is 9.47 Å². The average Bonchev–Trinajstić information content (AvgIpc) is 3.30. The third-order valence-electron chi connectivity index (χ3n) is 6.14. The average molecular weight is 389 g/mol. The van der Waals surface area contributed by atoms with Crippen molar-refractivity contribution in [3.63, 3.8) is 0 Å². The molecule has 1 N–H and O–H groups in total. The second-order valence-electron chi connectivity index (χ2n) is 7.87. The summed E-state index contributed by atoms with van der Waals surface area (Å²) in [6.45, 7) is 0.413. The Hall–Kier alpha value is -3.26. The van der Waals surface area contributed by atoms with E-state index in [9.17, 15) is 15.2 Å². The normalized spacial score (nSPS) is 25.0. The van der Waals surface area contributed by atoms with E-state index in [-0.39, 0.29) is 11.8 Å². The van der Waals surface area contributed by atoms with Crippen LogP contribution in [0.25, 0.3) is 0 Å². The lowest BCUT2D eigenvalue weighted by Crippen LogP contribution is -2.21. The molecule has 5 nitrogen and oxygen atoms in total. The molecule has 5 heteroatoms. The number of benzene rings is 2. The highest BCUT2D eigenvalue weighted by molar-refractivity contribution is 5.87. The number of carboxylic acid groups (broad SMARTS) is 1. The van der Waals surface area contributed by atoms with Crippen molar-refractivity contribution < 1.29 is 19.4 Å². The molecule has 0 amide bonds. The zero-order valence-electron chi connectivity index (χ0n) is 16.3. The van der Waals surface area contributed by atoms with Crippen LogP contribution in [-0.4, -0.2) is 18.2 Å². The number of hydrogen-bond acceptors (Lipinski definition) is 4. The van der Waals surface area contributed by atoms with Gasteiger partial charge in [-0.2, -0.15) is 5.26 Å². The van der Waals surface area contributed by atoms with Crippen molar-refractivity contribution >= 4 is 5.97 Å². The topological polar surface area (TPSA) is 79.5 Å². The summed E-state index contributed by atoms with van der Waals surface area (Å²) in [7, 11) is 1.60. The van der Waals surface area contributed by atoms with Crippen molar-refractivity contribution in [2.24, 2.45) is 11.8 Å². The summed E-state index contributed by atoms with van der Waals surface area (Å²) < 4.78 is 11.5. The molecule has 2 aliphatic rings. The maximum absolute atomic E-state index is 11.3. The van der Waals surface area contributed by atoms with Gasteiger partial charge < -0.3 is 14.6 Å². The van der Waals surface area contributed by atoms with Gasteiger partial charge in [0.1, 0.15) is 6.61 Å². The van der Waals surface area contributed by atoms with Gasteiger partial charge in [0.25, 0.3) is 0 Å². The molecular weight excluding hydrogens is 366 g/mol. The van der Waals surface area contributed by atoms with Crippen LogP contribution >= 0.6 is 0 Å². The number of allylic oxidation sites excluding steroid dienone is 1. The number of methoxy groups -OCH3 is 1. The van der Waals surface area contributed by atoms with E-state index in [1.807, 2.05) is 54.6 Å². The molecule has 148 valence electrons. The largest absolute Gasteiger partial charge is 0.493 e. The predicted octanol–water partition coefficient (Wildman–Crippen LogP) is 4.48. The van der Waals surface area contributed by atoms with Gasteiger partial charge in [0.2, 0.25) is 0 Å². The lowest BCUT2D eigenvalue weighted by atomic mass is 9.78. The summed E-state index contributed by atoms with van der Waals surface area (Å²) in [4.78, 5) is 11.3. The van der Waals surface area contributed by atoms with Crippen molar-refractivity contribution in [3.05, 3.63) is 71.3 Å². The lowest BCUT2D eigenvalue weighted by Gasteiger charge is -2.24. The van der Waals surface area contributed by atoms with Gasteiger partial charge in [-0.1, -0.05) is 42.5 Å². The van der Waals surface area contributed by atoms with Crippen LogP contribution in [0, 0.1) is 23.2 Å². The Balaban J connectivity index is 1.59. The van der Waals surface area contributed by atoms with Gasteiger partial charge in [-0.3, -0.25) is 0 Å². The van der Waals surface area contributed by atoms with Gasteiger partial charge in [-0.05, 0) is 54.4 Å². The zero-order valence-corrected chi connectivity index (χ0v) is 16.3. The molecule has 0 bridgehead atoms. The highest BCUT2D eigenvalue weighted by Gasteiger charge is 2.49. The van der Waals surface area contributed by atoms with Crippen LogP contribution in [0.5, 0.6) is 11.5 Å². The van der Waals surface area contributed by atoms with Gasteiger partial charge in [0.15, 0.2) is 11.5 Å². The van der Waals surface area contributed by atoms with Gasteiger partial charge in [0.05, 0.1) is 18.6 Å². The van der Waals surface area contributed by atoms with E-state index in [0.717, 1.165) is 11.1 Å². The van der Waals surface area contributed by atoms with E-state index in [2.05, 4.69) is 6.07 Å². The SMILES string of the molecule is COc1ccc([C@@]2(C#N)C[C@@H]3CC(C(=O)O)=C[C@@H]3C2)cc1OCc1ccccc1. The molecule has 29 heavy (non-hydrogen) atoms. The van der Waals surface area contributed by atoms with Crippen molar-refractivity contribution in [3.8, 4) is 17.6 Å². The Morgan fingerprint density at radius 3 is 2.66 bits per heavy atom. The molecule has 0 saturated heterocycles. The van der Waals surface area contributed by atoms with Crippen LogP contribution in [-0.2, 0) is 16.8 Å². The summed E-state index contributed by atoms with van der Waals surface area (Å²) in [5.74, 6) is 0.738. The van der Waals surface area contributed by atoms with E-state index >= 15 is 0 Å². The van der Waals surface area contributed by atoms with E-state index < -0.39 is 11.4 Å². The zero-order chi connectivity index (χ0) is 20.4. The molecule has 2 aromatic rings. The first-order chi connectivity index (χ1) is 14.0. The van der Waals surface area contributed by atoms with Crippen LogP contribution in [0.15, 0.2) is 60.2 Å². The minimum absolute atomic E-state index is 0.136. The smallest absolute Gasteiger partial charge is 0.331 e. The maximum Gasteiger partial charge on any atom is 0.331 e. The van der Waals surface area contributed by atoms with Crippen LogP contribution < -0.4 is 9.47 Å². The fraction of sp³-hybridized carbons (Fsp3) is 0.333. The molecule has 1 fully saturated rings. The van der Waals surface area contributed by atoms with E-state index in [1.54, 1.807) is 7.11 Å². The van der Waals surface area contributed by atoms with E-state index in [0.29, 0.717) is 42.9 Å². The minimum Gasteiger partial charge on any atom is -0.493 e. The van der Waals surface area contributed by atoms with E-state index in [1.165, 1.54) is 0 Å². The van der Waals surface area contributed by atoms with Gasteiger partial charge in [-0.25, -0.2) is 4.79 Å². The van der Waals surface area contributed by atoms with Crippen molar-refractivity contribution in [2.75, 3.05) is 7.11 Å². The Morgan fingerprint density at radius 1 is 1.21 bits per heavy atom. The van der Waals surface area contributed by atoms with Crippen LogP contribution in [0.3, 0.4) is 0 Å². The second-order valence-corrected chi connectivity index (χ2v) is 7.87. The number of aliphatic carboxylic acids is 1. The molecular formula is C24H23NO4. The summed E-state index contributed by atoms with van der Waals surface area (Å²) in [5, 5.41) is 19.3. The highest BCUT2D eigenvalue weighted by Crippen LogP contribution is 2.53. The molecule has 0 unspecified atom stereocenters. The highest BCUT2D eigenvalue weighted by atomic mass is 16.5. The van der Waals surface area contributed by atoms with Crippen molar-refractivity contribution in [2.45, 2.75) is 31.3 Å². The number of ether oxygens (including phenoxy) is 2. The Kier molecular flexibility index (Phi) is 5.02. The number of carbonyl (C=O) groups is 1. The molecule has 0 spiro atoms. The standard InChI is InChI=1S/C24H23NO4/c1-28-21-8-7-20(11-22(21)29-14-16-5-3-2-4-6-16)24(15-25)12-18-9-17(23(26)27)10-19(18)13-24/h2-9,11,18-19H,10,12-14H2,1H3,(H,26,27)/t18-,19+,24-/m1/s1. The van der Waals surface area contributed by atoms with Gasteiger partial charge in [-0.15, -0.1) is 0 Å². The summed E-state index contributed by atoms with van der Waals surface area (Å²) in [5.41, 5.74) is 1.81. The molecule has 0 radical (unpaired) electrons. The molecule has 0 aromatic heterocycles. The van der Waals surface area contributed by atoms with Gasteiger partial charge in [0, 0.05) is 5.57 Å². The van der Waals surface area contributed by atoms with Crippen LogP contribution in [0.4, 0.5) is 0 Å². The fourth-order valence-corrected chi connectivity index (χ4v) is 4.65. The van der Waals surface area contributed by atoms with Crippen molar-refractivity contribution in [1.82, 2.24) is 0 Å². The Labute approximate surface area is 170 Å². The first-order valence-corrected chi connectivity index (χ1v) is 9.75. The molecule has 4 rings (SSSR count). The second kappa shape index (κ2) is 7.63. The predicted molar refractivity (Wildman–Crippen MR) is 108 cm³/mol. The van der Waals surface area contributed by atoms with Crippen LogP contribution in [0.1, 0.15) is 30.4 Å². The monoisotopic (exact) mass is 389 g/mol.